The van der Waals surface area contributed by atoms with Gasteiger partial charge in [-0.3, -0.25) is 24.2 Å². The van der Waals surface area contributed by atoms with Crippen molar-refractivity contribution in [2.75, 3.05) is 131 Å². The van der Waals surface area contributed by atoms with E-state index in [9.17, 15) is 19.5 Å². The summed E-state index contributed by atoms with van der Waals surface area (Å²) in [5.41, 5.74) is -0.128. The van der Waals surface area contributed by atoms with Crippen LogP contribution in [0.25, 0.3) is 0 Å². The van der Waals surface area contributed by atoms with Gasteiger partial charge in [0.05, 0.1) is 6.54 Å². The van der Waals surface area contributed by atoms with Crippen molar-refractivity contribution in [1.29, 1.82) is 0 Å². The zero-order valence-electron chi connectivity index (χ0n) is 33.6. The van der Waals surface area contributed by atoms with Gasteiger partial charge in [0.25, 0.3) is 0 Å². The fourth-order valence-electron chi connectivity index (χ4n) is 7.44. The summed E-state index contributed by atoms with van der Waals surface area (Å²) in [5, 5.41) is 23.1. The number of carbonyl (C=O) groups is 3. The fourth-order valence-corrected chi connectivity index (χ4v) is 7.44. The first-order chi connectivity index (χ1) is 24.7. The van der Waals surface area contributed by atoms with Crippen LogP contribution >= 0.6 is 0 Å². The van der Waals surface area contributed by atoms with Gasteiger partial charge >= 0.3 is 11.9 Å². The Balaban J connectivity index is 1.73. The number of carbonyl (C=O) groups excluding carboxylic acids is 2. The largest absolute Gasteiger partial charge is 0.480 e. The number of nitrogens with zero attached hydrogens (tertiary/aromatic N) is 5. The van der Waals surface area contributed by atoms with E-state index in [4.69, 9.17) is 4.74 Å². The lowest BCUT2D eigenvalue weighted by atomic mass is 9.96. The highest BCUT2D eigenvalue weighted by Gasteiger charge is 2.31. The molecule has 302 valence electrons. The van der Waals surface area contributed by atoms with Gasteiger partial charge in [-0.15, -0.1) is 0 Å². The Morgan fingerprint density at radius 3 is 2.00 bits per heavy atom. The maximum Gasteiger partial charge on any atom is 0.323 e. The van der Waals surface area contributed by atoms with Crippen LogP contribution in [0.2, 0.25) is 0 Å². The van der Waals surface area contributed by atoms with E-state index in [0.29, 0.717) is 26.1 Å². The van der Waals surface area contributed by atoms with Gasteiger partial charge in [0, 0.05) is 110 Å². The molecule has 14 heteroatoms. The van der Waals surface area contributed by atoms with Gasteiger partial charge in [0.2, 0.25) is 5.91 Å². The third kappa shape index (κ3) is 19.4. The Hall–Kier alpha value is -1.91. The lowest BCUT2D eigenvalue weighted by Gasteiger charge is -2.37. The van der Waals surface area contributed by atoms with Crippen LogP contribution in [-0.4, -0.2) is 196 Å². The van der Waals surface area contributed by atoms with Crippen LogP contribution in [0.3, 0.4) is 0 Å². The number of fused-ring (bicyclic) bond motifs is 3. The summed E-state index contributed by atoms with van der Waals surface area (Å²) in [7, 11) is 0. The number of amides is 1. The van der Waals surface area contributed by atoms with E-state index in [1.807, 2.05) is 20.8 Å². The molecule has 4 atom stereocenters. The number of carboxylic acids is 1. The molecule has 3 aliphatic heterocycles. The summed E-state index contributed by atoms with van der Waals surface area (Å²) in [6.45, 7) is 28.6. The predicted molar refractivity (Wildman–Crippen MR) is 208 cm³/mol. The Morgan fingerprint density at radius 1 is 0.712 bits per heavy atom. The average Bonchev–Trinajstić information content (AvgIpc) is 3.04. The number of aliphatic carboxylic acids is 1. The minimum absolute atomic E-state index is 0.0548. The van der Waals surface area contributed by atoms with Crippen molar-refractivity contribution in [2.24, 2.45) is 5.41 Å². The summed E-state index contributed by atoms with van der Waals surface area (Å²) >= 11 is 0. The minimum atomic E-state index is -0.778. The molecular weight excluding hydrogens is 662 g/mol. The second-order valence-corrected chi connectivity index (χ2v) is 17.4. The van der Waals surface area contributed by atoms with Crippen molar-refractivity contribution in [3.63, 3.8) is 0 Å². The zero-order valence-corrected chi connectivity index (χ0v) is 33.6. The third-order valence-electron chi connectivity index (χ3n) is 9.90. The van der Waals surface area contributed by atoms with Gasteiger partial charge in [0.15, 0.2) is 0 Å². The van der Waals surface area contributed by atoms with E-state index < -0.39 is 12.0 Å². The molecule has 3 saturated heterocycles. The molecule has 3 fully saturated rings. The van der Waals surface area contributed by atoms with Crippen LogP contribution in [-0.2, 0) is 19.1 Å². The van der Waals surface area contributed by atoms with Gasteiger partial charge in [-0.25, -0.2) is 0 Å². The number of hydrogen-bond acceptors (Lipinski definition) is 12. The quantitative estimate of drug-likeness (QED) is 0.211. The first-order valence-electron chi connectivity index (χ1n) is 20.2. The lowest BCUT2D eigenvalue weighted by Crippen LogP contribution is -2.52. The van der Waals surface area contributed by atoms with Crippen LogP contribution in [0.4, 0.5) is 0 Å². The SMILES string of the molecule is CC(C)(C)CN1CCCNCCNCC(OC(=O)C(CCC(=O)NC(C)(C)C)N2CCCN3CCN(CCCN(CC(=O)O)CC3)CC2)CNCC1. The molecule has 3 rings (SSSR count). The highest BCUT2D eigenvalue weighted by atomic mass is 16.5. The van der Waals surface area contributed by atoms with Gasteiger partial charge in [-0.2, -0.15) is 0 Å². The fraction of sp³-hybridized carbons (Fsp3) is 0.921. The summed E-state index contributed by atoms with van der Waals surface area (Å²) in [6, 6.07) is -0.531. The third-order valence-corrected chi connectivity index (χ3v) is 9.90. The topological polar surface area (TPSA) is 145 Å². The monoisotopic (exact) mass is 738 g/mol. The first kappa shape index (κ1) is 44.5. The molecular formula is C38H75N9O5. The number of nitrogens with one attached hydrogen (secondary N) is 4. The molecule has 0 aliphatic carbocycles. The van der Waals surface area contributed by atoms with Crippen LogP contribution in [0.5, 0.6) is 0 Å². The van der Waals surface area contributed by atoms with E-state index >= 15 is 0 Å². The van der Waals surface area contributed by atoms with Crippen molar-refractivity contribution >= 4 is 17.8 Å². The molecule has 5 N–H and O–H groups in total. The van der Waals surface area contributed by atoms with Crippen LogP contribution in [0, 0.1) is 5.41 Å². The summed E-state index contributed by atoms with van der Waals surface area (Å²) in [6.07, 6.45) is 3.20. The summed E-state index contributed by atoms with van der Waals surface area (Å²) in [4.78, 5) is 50.6. The van der Waals surface area contributed by atoms with E-state index in [1.165, 1.54) is 0 Å². The Morgan fingerprint density at radius 2 is 1.33 bits per heavy atom. The number of esters is 1. The molecule has 0 saturated carbocycles. The Kier molecular flexibility index (Phi) is 19.8. The maximum absolute atomic E-state index is 14.3. The summed E-state index contributed by atoms with van der Waals surface area (Å²) < 4.78 is 6.37. The van der Waals surface area contributed by atoms with Gasteiger partial charge < -0.3 is 45.8 Å². The van der Waals surface area contributed by atoms with Crippen LogP contribution in [0.1, 0.15) is 73.6 Å². The van der Waals surface area contributed by atoms with Crippen molar-refractivity contribution in [3.05, 3.63) is 0 Å². The second-order valence-electron chi connectivity index (χ2n) is 17.4. The lowest BCUT2D eigenvalue weighted by molar-refractivity contribution is -0.156. The van der Waals surface area contributed by atoms with Crippen molar-refractivity contribution in [3.8, 4) is 0 Å². The highest BCUT2D eigenvalue weighted by Crippen LogP contribution is 2.17. The van der Waals surface area contributed by atoms with Crippen molar-refractivity contribution in [1.82, 2.24) is 45.8 Å². The molecule has 3 aliphatic rings. The van der Waals surface area contributed by atoms with Crippen LogP contribution in [0.15, 0.2) is 0 Å². The number of carboxylic acid groups (broad SMARTS) is 1. The van der Waals surface area contributed by atoms with E-state index in [2.05, 4.69) is 66.5 Å². The molecule has 0 radical (unpaired) electrons. The molecule has 0 aromatic heterocycles. The maximum atomic E-state index is 14.3. The Labute approximate surface area is 315 Å². The van der Waals surface area contributed by atoms with Crippen molar-refractivity contribution in [2.45, 2.75) is 91.3 Å². The van der Waals surface area contributed by atoms with E-state index in [1.54, 1.807) is 0 Å². The highest BCUT2D eigenvalue weighted by molar-refractivity contribution is 5.80. The number of ether oxygens (including phenoxy) is 1. The predicted octanol–water partition coefficient (Wildman–Crippen LogP) is 0.582. The molecule has 0 aromatic rings. The van der Waals surface area contributed by atoms with Crippen molar-refractivity contribution < 1.29 is 24.2 Å². The normalized spacial score (nSPS) is 26.1. The van der Waals surface area contributed by atoms with Gasteiger partial charge in [0.1, 0.15) is 12.1 Å². The zero-order chi connectivity index (χ0) is 38.0. The molecule has 1 amide bonds. The number of hydrogen-bond donors (Lipinski definition) is 5. The van der Waals surface area contributed by atoms with Crippen LogP contribution < -0.4 is 21.3 Å². The smallest absolute Gasteiger partial charge is 0.323 e. The second kappa shape index (κ2) is 23.1. The first-order valence-corrected chi connectivity index (χ1v) is 20.2. The molecule has 0 spiro atoms. The standard InChI is InChI=1S/C38H75N9O5/c1-37(2,3)31-46-16-7-12-39-13-14-40-28-32(29-41-15-21-46)52-36(51)33(10-11-34(48)42-38(4,5)6)47-20-9-18-43-22-23-44(26-27-47)17-8-19-45(25-24-43)30-35(49)50/h32-33,39-41H,7-31H2,1-6H3,(H,42,48)(H,49,50). The number of rotatable bonds is 9. The minimum Gasteiger partial charge on any atom is -0.480 e. The molecule has 2 bridgehead atoms. The van der Waals surface area contributed by atoms with E-state index in [0.717, 1.165) is 124 Å². The molecule has 14 nitrogen and oxygen atoms in total. The molecule has 4 unspecified atom stereocenters. The summed E-state index contributed by atoms with van der Waals surface area (Å²) in [5.74, 6) is -1.09. The molecule has 0 aromatic carbocycles. The average molecular weight is 738 g/mol. The Bertz CT molecular complexity index is 1050. The molecule has 3 heterocycles. The van der Waals surface area contributed by atoms with E-state index in [-0.39, 0.29) is 41.9 Å². The van der Waals surface area contributed by atoms with Gasteiger partial charge in [-0.05, 0) is 78.0 Å². The van der Waals surface area contributed by atoms with Gasteiger partial charge in [-0.1, -0.05) is 20.8 Å². The molecule has 52 heavy (non-hydrogen) atoms.